The van der Waals surface area contributed by atoms with Gasteiger partial charge in [0, 0.05) is 12.5 Å². The Hall–Kier alpha value is -3.26. The van der Waals surface area contributed by atoms with Crippen molar-refractivity contribution in [1.82, 2.24) is 4.90 Å². The van der Waals surface area contributed by atoms with Crippen molar-refractivity contribution in [3.05, 3.63) is 54.1 Å². The van der Waals surface area contributed by atoms with E-state index in [1.807, 2.05) is 62.4 Å². The minimum absolute atomic E-state index is 0.0196. The molecule has 1 aliphatic rings. The summed E-state index contributed by atoms with van der Waals surface area (Å²) in [6, 6.07) is 15.0. The summed E-state index contributed by atoms with van der Waals surface area (Å²) in [4.78, 5) is 26.3. The number of nitrogens with zero attached hydrogens (tertiary/aromatic N) is 1. The van der Waals surface area contributed by atoms with Crippen molar-refractivity contribution >= 4 is 17.6 Å². The van der Waals surface area contributed by atoms with E-state index >= 15 is 0 Å². The molecule has 1 aliphatic carbocycles. The van der Waals surface area contributed by atoms with Gasteiger partial charge >= 0.3 is 5.97 Å². The van der Waals surface area contributed by atoms with Crippen molar-refractivity contribution in [2.24, 2.45) is 5.92 Å². The number of anilines is 1. The van der Waals surface area contributed by atoms with Crippen LogP contribution in [-0.4, -0.2) is 65.4 Å². The number of methoxy groups -OCH3 is 1. The number of aliphatic hydroxyl groups is 1. The van der Waals surface area contributed by atoms with Crippen molar-refractivity contribution in [1.29, 1.82) is 0 Å². The van der Waals surface area contributed by atoms with Gasteiger partial charge in [-0.15, -0.1) is 0 Å². The summed E-state index contributed by atoms with van der Waals surface area (Å²) in [6.45, 7) is 3.89. The molecule has 0 spiro atoms. The van der Waals surface area contributed by atoms with Gasteiger partial charge in [0.05, 0.1) is 31.0 Å². The van der Waals surface area contributed by atoms with Gasteiger partial charge in [0.15, 0.2) is 0 Å². The number of carbonyl (C=O) groups excluding carboxylic acids is 1. The van der Waals surface area contributed by atoms with Crippen LogP contribution in [0.2, 0.25) is 0 Å². The minimum Gasteiger partial charge on any atom is -0.497 e. The van der Waals surface area contributed by atoms with Crippen molar-refractivity contribution in [2.45, 2.75) is 64.2 Å². The number of ether oxygens (including phenoxy) is 2. The molecule has 0 bridgehead atoms. The van der Waals surface area contributed by atoms with Crippen LogP contribution in [0.1, 0.15) is 45.1 Å². The molecule has 3 N–H and O–H groups in total. The predicted octanol–water partition coefficient (Wildman–Crippen LogP) is 3.97. The highest BCUT2D eigenvalue weighted by Crippen LogP contribution is 2.31. The highest BCUT2D eigenvalue weighted by molar-refractivity contribution is 5.83. The Labute approximate surface area is 213 Å². The molecular weight excluding hydrogens is 460 g/mol. The van der Waals surface area contributed by atoms with E-state index in [0.29, 0.717) is 38.6 Å². The van der Waals surface area contributed by atoms with Crippen molar-refractivity contribution < 1.29 is 29.3 Å². The zero-order valence-corrected chi connectivity index (χ0v) is 21.4. The van der Waals surface area contributed by atoms with E-state index in [9.17, 15) is 19.8 Å². The summed E-state index contributed by atoms with van der Waals surface area (Å²) in [7, 11) is 1.60. The molecule has 0 heterocycles. The Morgan fingerprint density at radius 3 is 2.56 bits per heavy atom. The smallest absolute Gasteiger partial charge is 0.323 e. The molecule has 0 radical (unpaired) electrons. The summed E-state index contributed by atoms with van der Waals surface area (Å²) in [5, 5.41) is 23.7. The third kappa shape index (κ3) is 7.88. The third-order valence-electron chi connectivity index (χ3n) is 6.48. The third-order valence-corrected chi connectivity index (χ3v) is 6.48. The Kier molecular flexibility index (Phi) is 9.99. The van der Waals surface area contributed by atoms with Crippen LogP contribution < -0.4 is 14.8 Å². The first kappa shape index (κ1) is 27.3. The van der Waals surface area contributed by atoms with E-state index in [0.717, 1.165) is 22.7 Å². The van der Waals surface area contributed by atoms with Gasteiger partial charge in [-0.3, -0.25) is 9.59 Å². The molecule has 8 heteroatoms. The number of carbonyl (C=O) groups is 2. The maximum absolute atomic E-state index is 13.4. The molecule has 196 valence electrons. The first-order valence-electron chi connectivity index (χ1n) is 12.6. The average Bonchev–Trinajstić information content (AvgIpc) is 3.03. The lowest BCUT2D eigenvalue weighted by Gasteiger charge is -2.26. The minimum atomic E-state index is -1.04. The summed E-state index contributed by atoms with van der Waals surface area (Å²) in [5.74, 6) is -0.0964. The Balaban J connectivity index is 1.65. The molecule has 0 saturated heterocycles. The molecule has 0 aromatic heterocycles. The molecule has 0 unspecified atom stereocenters. The highest BCUT2D eigenvalue weighted by atomic mass is 16.5. The molecule has 1 amide bonds. The van der Waals surface area contributed by atoms with Crippen LogP contribution in [0.3, 0.4) is 0 Å². The van der Waals surface area contributed by atoms with E-state index in [1.54, 1.807) is 7.11 Å². The van der Waals surface area contributed by atoms with E-state index in [1.165, 1.54) is 4.90 Å². The van der Waals surface area contributed by atoms with E-state index in [4.69, 9.17) is 9.47 Å². The van der Waals surface area contributed by atoms with Gasteiger partial charge in [0.2, 0.25) is 5.91 Å². The zero-order valence-electron chi connectivity index (χ0n) is 21.4. The lowest BCUT2D eigenvalue weighted by molar-refractivity contribution is -0.146. The summed E-state index contributed by atoms with van der Waals surface area (Å²) in [5.41, 5.74) is 1.78. The van der Waals surface area contributed by atoms with E-state index in [2.05, 4.69) is 5.32 Å². The van der Waals surface area contributed by atoms with Gasteiger partial charge in [0.1, 0.15) is 18.0 Å². The predicted molar refractivity (Wildman–Crippen MR) is 138 cm³/mol. The summed E-state index contributed by atoms with van der Waals surface area (Å²) >= 11 is 0. The molecule has 2 aromatic rings. The number of para-hydroxylation sites is 2. The number of carboxylic acid groups (broad SMARTS) is 1. The van der Waals surface area contributed by atoms with E-state index < -0.39 is 12.1 Å². The summed E-state index contributed by atoms with van der Waals surface area (Å²) < 4.78 is 11.2. The molecule has 1 fully saturated rings. The van der Waals surface area contributed by atoms with Crippen molar-refractivity contribution in [3.63, 3.8) is 0 Å². The number of carboxylic acids is 1. The van der Waals surface area contributed by atoms with Crippen LogP contribution in [0, 0.1) is 5.92 Å². The Morgan fingerprint density at radius 1 is 1.08 bits per heavy atom. The maximum atomic E-state index is 13.4. The average molecular weight is 499 g/mol. The second-order valence-electron chi connectivity index (χ2n) is 9.59. The molecule has 3 atom stereocenters. The summed E-state index contributed by atoms with van der Waals surface area (Å²) in [6.07, 6.45) is 2.05. The quantitative estimate of drug-likeness (QED) is 0.402. The van der Waals surface area contributed by atoms with Gasteiger partial charge in [-0.25, -0.2) is 0 Å². The van der Waals surface area contributed by atoms with Crippen molar-refractivity contribution in [2.75, 3.05) is 25.5 Å². The first-order valence-corrected chi connectivity index (χ1v) is 12.6. The molecule has 36 heavy (non-hydrogen) atoms. The lowest BCUT2D eigenvalue weighted by Crippen LogP contribution is -2.41. The van der Waals surface area contributed by atoms with Gasteiger partial charge in [-0.1, -0.05) is 24.3 Å². The Morgan fingerprint density at radius 2 is 1.83 bits per heavy atom. The lowest BCUT2D eigenvalue weighted by atomic mass is 9.98. The molecule has 8 nitrogen and oxygen atoms in total. The van der Waals surface area contributed by atoms with Gasteiger partial charge in [-0.2, -0.15) is 0 Å². The molecule has 0 aliphatic heterocycles. The highest BCUT2D eigenvalue weighted by Gasteiger charge is 2.32. The second kappa shape index (κ2) is 13.2. The number of aliphatic carboxylic acids is 1. The first-order chi connectivity index (χ1) is 17.3. The fourth-order valence-corrected chi connectivity index (χ4v) is 4.63. The monoisotopic (exact) mass is 498 g/mol. The van der Waals surface area contributed by atoms with E-state index in [-0.39, 0.29) is 30.5 Å². The largest absolute Gasteiger partial charge is 0.497 e. The molecule has 3 rings (SSSR count). The molecular formula is C28H38N2O6. The number of rotatable bonds is 11. The SMILES string of the molecule is COc1cccc(CCN(CC(=O)O)C(=O)[C@@H]2CC[C@H](Nc3ccccc3OC(C)C)[C@@H](O)CC2)c1. The number of hydrogen-bond donors (Lipinski definition) is 3. The number of amides is 1. The molecule has 2 aromatic carbocycles. The number of benzene rings is 2. The van der Waals surface area contributed by atoms with Crippen LogP contribution in [0.4, 0.5) is 5.69 Å². The van der Waals surface area contributed by atoms with Crippen molar-refractivity contribution in [3.8, 4) is 11.5 Å². The number of nitrogens with one attached hydrogen (secondary N) is 1. The second-order valence-corrected chi connectivity index (χ2v) is 9.59. The molecule has 1 saturated carbocycles. The zero-order chi connectivity index (χ0) is 26.1. The Bertz CT molecular complexity index is 1010. The van der Waals surface area contributed by atoms with Gasteiger partial charge < -0.3 is 29.9 Å². The normalized spacial score (nSPS) is 19.9. The standard InChI is InChI=1S/C28H38N2O6/c1-19(2)36-26-10-5-4-9-24(26)29-23-13-11-21(12-14-25(23)31)28(34)30(18-27(32)33)16-15-20-7-6-8-22(17-20)35-3/h4-10,17,19,21,23,25,29,31H,11-16,18H2,1-3H3,(H,32,33)/t21-,23+,25+/m1/s1. The fourth-order valence-electron chi connectivity index (χ4n) is 4.63. The van der Waals surface area contributed by atoms with Crippen LogP contribution >= 0.6 is 0 Å². The maximum Gasteiger partial charge on any atom is 0.323 e. The van der Waals surface area contributed by atoms with Gasteiger partial charge in [-0.05, 0) is 75.8 Å². The topological polar surface area (TPSA) is 108 Å². The number of hydrogen-bond acceptors (Lipinski definition) is 6. The fraction of sp³-hybridized carbons (Fsp3) is 0.500. The van der Waals surface area contributed by atoms with Gasteiger partial charge in [0.25, 0.3) is 0 Å². The van der Waals surface area contributed by atoms with Crippen LogP contribution in [0.15, 0.2) is 48.5 Å². The van der Waals surface area contributed by atoms with Crippen LogP contribution in [0.25, 0.3) is 0 Å². The number of aliphatic hydroxyl groups excluding tert-OH is 1. The van der Waals surface area contributed by atoms with Crippen LogP contribution in [0.5, 0.6) is 11.5 Å². The van der Waals surface area contributed by atoms with Crippen LogP contribution in [-0.2, 0) is 16.0 Å².